The van der Waals surface area contributed by atoms with Crippen molar-refractivity contribution >= 4 is 27.8 Å². The highest BCUT2D eigenvalue weighted by Gasteiger charge is 2.62. The third-order valence-corrected chi connectivity index (χ3v) is 14.4. The number of carbonyl (C=O) groups is 1. The molecule has 250 valence electrons. The van der Waals surface area contributed by atoms with Crippen LogP contribution in [0.5, 0.6) is 0 Å². The Kier molecular flexibility index (Phi) is 9.03. The average molecular weight is 694 g/mol. The molecule has 2 aromatic rings. The van der Waals surface area contributed by atoms with Crippen molar-refractivity contribution in [2.45, 2.75) is 117 Å². The van der Waals surface area contributed by atoms with Crippen molar-refractivity contribution < 1.29 is 15.0 Å². The van der Waals surface area contributed by atoms with Crippen LogP contribution in [0.15, 0.2) is 34.9 Å². The molecular weight excluding hydrogens is 640 g/mol. The molecule has 1 aliphatic heterocycles. The Morgan fingerprint density at radius 2 is 1.83 bits per heavy atom. The van der Waals surface area contributed by atoms with E-state index in [2.05, 4.69) is 59.1 Å². The lowest BCUT2D eigenvalue weighted by Gasteiger charge is -2.62. The molecule has 7 rings (SSSR count). The molecule has 8 heteroatoms. The highest BCUT2D eigenvalue weighted by Crippen LogP contribution is 2.68. The topological polar surface area (TPSA) is 98.6 Å². The van der Waals surface area contributed by atoms with Crippen LogP contribution in [0.3, 0.4) is 0 Å². The zero-order chi connectivity index (χ0) is 32.2. The normalized spacial score (nSPS) is 37.4. The first-order valence-electron chi connectivity index (χ1n) is 18.0. The summed E-state index contributed by atoms with van der Waals surface area (Å²) in [6, 6.07) is 8.23. The predicted octanol–water partition coefficient (Wildman–Crippen LogP) is 7.14. The molecule has 1 amide bonds. The number of aromatic nitrogens is 2. The number of anilines is 1. The molecule has 4 aliphatic carbocycles. The molecule has 46 heavy (non-hydrogen) atoms. The number of amides is 1. The van der Waals surface area contributed by atoms with Crippen LogP contribution in [0.1, 0.15) is 102 Å². The zero-order valence-corrected chi connectivity index (χ0v) is 29.5. The molecular formula is C38H53BrN4O3. The van der Waals surface area contributed by atoms with Gasteiger partial charge in [-0.25, -0.2) is 9.97 Å². The summed E-state index contributed by atoms with van der Waals surface area (Å²) in [4.78, 5) is 24.8. The molecule has 2 heterocycles. The number of nitrogens with one attached hydrogen (secondary N) is 1. The van der Waals surface area contributed by atoms with E-state index in [4.69, 9.17) is 4.98 Å². The highest BCUT2D eigenvalue weighted by molar-refractivity contribution is 9.10. The molecule has 7 nitrogen and oxygen atoms in total. The van der Waals surface area contributed by atoms with Gasteiger partial charge < -0.3 is 20.4 Å². The van der Waals surface area contributed by atoms with Gasteiger partial charge in [0.2, 0.25) is 11.9 Å². The minimum absolute atomic E-state index is 0.188. The SMILES string of the molecule is C[C@H](CCC(=O)N1CCc2nc(NCc3ccc(Br)cc3)ncc2C1)[C@H]1CC[C@H]2[C@@H]3[C@@H](O)C[C@@H]4C[C@H](O)CC[C@]4(C)[C@H]3CC[C@]12C. The molecule has 3 N–H and O–H groups in total. The average Bonchev–Trinajstić information content (AvgIpc) is 3.41. The van der Waals surface area contributed by atoms with Gasteiger partial charge in [0.05, 0.1) is 17.9 Å². The fraction of sp³-hybridized carbons (Fsp3) is 0.711. The van der Waals surface area contributed by atoms with Gasteiger partial charge in [0, 0.05) is 48.7 Å². The van der Waals surface area contributed by atoms with Crippen LogP contribution in [0.2, 0.25) is 0 Å². The van der Waals surface area contributed by atoms with E-state index < -0.39 is 0 Å². The summed E-state index contributed by atoms with van der Waals surface area (Å²) in [5.74, 6) is 3.98. The molecule has 0 saturated heterocycles. The Labute approximate surface area is 283 Å². The Morgan fingerprint density at radius 1 is 1.07 bits per heavy atom. The summed E-state index contributed by atoms with van der Waals surface area (Å²) in [7, 11) is 0. The smallest absolute Gasteiger partial charge is 0.223 e. The van der Waals surface area contributed by atoms with Crippen LogP contribution in [0, 0.1) is 46.3 Å². The Bertz CT molecular complexity index is 1420. The van der Waals surface area contributed by atoms with E-state index in [0.717, 1.165) is 54.3 Å². The molecule has 0 radical (unpaired) electrons. The van der Waals surface area contributed by atoms with E-state index >= 15 is 0 Å². The maximum absolute atomic E-state index is 13.5. The number of aliphatic hydroxyl groups is 2. The summed E-state index contributed by atoms with van der Waals surface area (Å²) < 4.78 is 1.06. The number of carbonyl (C=O) groups excluding carboxylic acids is 1. The second kappa shape index (κ2) is 12.8. The van der Waals surface area contributed by atoms with Crippen molar-refractivity contribution in [1.82, 2.24) is 14.9 Å². The van der Waals surface area contributed by atoms with Gasteiger partial charge in [-0.15, -0.1) is 0 Å². The fourth-order valence-electron chi connectivity index (χ4n) is 11.3. The van der Waals surface area contributed by atoms with Gasteiger partial charge in [-0.3, -0.25) is 4.79 Å². The van der Waals surface area contributed by atoms with Crippen LogP contribution in [-0.4, -0.2) is 49.7 Å². The molecule has 10 atom stereocenters. The second-order valence-electron chi connectivity index (χ2n) is 16.2. The Hall–Kier alpha value is -2.03. The van der Waals surface area contributed by atoms with Gasteiger partial charge in [-0.1, -0.05) is 48.8 Å². The number of hydrogen-bond donors (Lipinski definition) is 3. The van der Waals surface area contributed by atoms with E-state index in [1.165, 1.54) is 31.2 Å². The predicted molar refractivity (Wildman–Crippen MR) is 184 cm³/mol. The fourth-order valence-corrected chi connectivity index (χ4v) is 11.5. The summed E-state index contributed by atoms with van der Waals surface area (Å²) in [6.45, 7) is 9.38. The number of fused-ring (bicyclic) bond motifs is 6. The van der Waals surface area contributed by atoms with Crippen molar-refractivity contribution in [3.05, 3.63) is 51.8 Å². The number of rotatable bonds is 7. The molecule has 1 aromatic carbocycles. The lowest BCUT2D eigenvalue weighted by molar-refractivity contribution is -0.174. The number of benzene rings is 1. The van der Waals surface area contributed by atoms with Gasteiger partial charge in [-0.2, -0.15) is 0 Å². The summed E-state index contributed by atoms with van der Waals surface area (Å²) in [5, 5.41) is 25.3. The van der Waals surface area contributed by atoms with Crippen molar-refractivity contribution in [1.29, 1.82) is 0 Å². The van der Waals surface area contributed by atoms with Crippen LogP contribution >= 0.6 is 15.9 Å². The van der Waals surface area contributed by atoms with Crippen LogP contribution in [-0.2, 0) is 24.3 Å². The summed E-state index contributed by atoms with van der Waals surface area (Å²) >= 11 is 3.48. The Balaban J connectivity index is 0.933. The summed E-state index contributed by atoms with van der Waals surface area (Å²) in [6.07, 6.45) is 12.4. The monoisotopic (exact) mass is 692 g/mol. The van der Waals surface area contributed by atoms with Crippen LogP contribution in [0.4, 0.5) is 5.95 Å². The third kappa shape index (κ3) is 5.93. The standard InChI is InChI=1S/C38H53BrN4O3/c1-23(29-9-10-30-35-31(13-16-38(29,30)3)37(2)15-12-28(44)18-26(37)19-33(35)45)4-11-34(46)43-17-14-32-25(22-43)21-41-36(42-32)40-20-24-5-7-27(39)8-6-24/h5-8,21,23,26,28-31,33,35,44-45H,4,9-20,22H2,1-3H3,(H,40,41,42)/t23-,26+,28-,29-,30+,31+,33+,35+,37+,38-/m1/s1. The second-order valence-corrected chi connectivity index (χ2v) is 17.1. The van der Waals surface area contributed by atoms with Gasteiger partial charge in [0.1, 0.15) is 0 Å². The number of aliphatic hydroxyl groups excluding tert-OH is 2. The number of hydrogen-bond acceptors (Lipinski definition) is 6. The first-order valence-corrected chi connectivity index (χ1v) is 18.8. The maximum Gasteiger partial charge on any atom is 0.223 e. The molecule has 0 unspecified atom stereocenters. The van der Waals surface area contributed by atoms with Crippen molar-refractivity contribution in [2.24, 2.45) is 46.3 Å². The van der Waals surface area contributed by atoms with Gasteiger partial charge in [0.15, 0.2) is 0 Å². The molecule has 0 bridgehead atoms. The highest BCUT2D eigenvalue weighted by atomic mass is 79.9. The molecule has 0 spiro atoms. The minimum atomic E-state index is -0.238. The largest absolute Gasteiger partial charge is 0.393 e. The van der Waals surface area contributed by atoms with E-state index in [1.54, 1.807) is 0 Å². The van der Waals surface area contributed by atoms with Gasteiger partial charge >= 0.3 is 0 Å². The maximum atomic E-state index is 13.5. The van der Waals surface area contributed by atoms with Gasteiger partial charge in [0.25, 0.3) is 0 Å². The molecule has 4 fully saturated rings. The van der Waals surface area contributed by atoms with E-state index in [9.17, 15) is 15.0 Å². The number of halogens is 1. The lowest BCUT2D eigenvalue weighted by atomic mass is 9.43. The molecule has 5 aliphatic rings. The quantitative estimate of drug-likeness (QED) is 0.285. The van der Waals surface area contributed by atoms with Crippen molar-refractivity contribution in [3.8, 4) is 0 Å². The molecule has 1 aromatic heterocycles. The van der Waals surface area contributed by atoms with Crippen molar-refractivity contribution in [2.75, 3.05) is 11.9 Å². The lowest BCUT2D eigenvalue weighted by Crippen LogP contribution is -2.58. The van der Waals surface area contributed by atoms with Gasteiger partial charge in [-0.05, 0) is 122 Å². The first kappa shape index (κ1) is 32.5. The summed E-state index contributed by atoms with van der Waals surface area (Å²) in [5.41, 5.74) is 3.77. The molecule has 4 saturated carbocycles. The van der Waals surface area contributed by atoms with E-state index in [0.29, 0.717) is 67.5 Å². The van der Waals surface area contributed by atoms with Crippen LogP contribution < -0.4 is 5.32 Å². The van der Waals surface area contributed by atoms with Crippen molar-refractivity contribution in [3.63, 3.8) is 0 Å². The van der Waals surface area contributed by atoms with E-state index in [-0.39, 0.29) is 28.9 Å². The van der Waals surface area contributed by atoms with E-state index in [1.807, 2.05) is 23.2 Å². The van der Waals surface area contributed by atoms with Crippen LogP contribution in [0.25, 0.3) is 0 Å². The minimum Gasteiger partial charge on any atom is -0.393 e. The zero-order valence-electron chi connectivity index (χ0n) is 27.9. The third-order valence-electron chi connectivity index (χ3n) is 13.9. The Morgan fingerprint density at radius 3 is 2.63 bits per heavy atom. The first-order chi connectivity index (χ1) is 22.0. The number of nitrogens with zero attached hydrogens (tertiary/aromatic N) is 3.